The summed E-state index contributed by atoms with van der Waals surface area (Å²) in [5.41, 5.74) is 2.25. The molecule has 2 aromatic rings. The smallest absolute Gasteiger partial charge is 0.130 e. The lowest BCUT2D eigenvalue weighted by molar-refractivity contribution is -0.00611. The first-order chi connectivity index (χ1) is 21.2. The maximum atomic E-state index is 14.0. The van der Waals surface area contributed by atoms with E-state index in [-0.39, 0.29) is 12.4 Å². The van der Waals surface area contributed by atoms with Gasteiger partial charge in [-0.1, -0.05) is 6.07 Å². The van der Waals surface area contributed by atoms with Crippen molar-refractivity contribution >= 4 is 17.2 Å². The third-order valence-corrected chi connectivity index (χ3v) is 8.88. The Morgan fingerprint density at radius 2 is 1.40 bits per heavy atom. The molecule has 0 amide bonds. The van der Waals surface area contributed by atoms with Gasteiger partial charge in [-0.15, -0.1) is 0 Å². The predicted octanol–water partition coefficient (Wildman–Crippen LogP) is 4.28. The van der Waals surface area contributed by atoms with Crippen LogP contribution < -0.4 is 14.7 Å². The van der Waals surface area contributed by atoms with E-state index in [1.807, 2.05) is 18.3 Å². The Morgan fingerprint density at radius 3 is 2.16 bits per heavy atom. The van der Waals surface area contributed by atoms with Gasteiger partial charge in [0, 0.05) is 55.9 Å². The fourth-order valence-electron chi connectivity index (χ4n) is 6.88. The lowest BCUT2D eigenvalue weighted by Crippen LogP contribution is -2.50. The molecule has 1 aromatic heterocycles. The number of hydrogen-bond acceptors (Lipinski definition) is 9. The zero-order valence-electron chi connectivity index (χ0n) is 25.5. The van der Waals surface area contributed by atoms with Crippen LogP contribution in [0.5, 0.6) is 0 Å². The van der Waals surface area contributed by atoms with E-state index in [1.54, 1.807) is 6.07 Å². The average Bonchev–Trinajstić information content (AvgIpc) is 3.48. The third kappa shape index (κ3) is 9.01. The second kappa shape index (κ2) is 17.1. The Morgan fingerprint density at radius 1 is 0.698 bits per heavy atom. The van der Waals surface area contributed by atoms with Crippen LogP contribution in [0, 0.1) is 5.82 Å². The Labute approximate surface area is 255 Å². The Bertz CT molecular complexity index is 1100. The van der Waals surface area contributed by atoms with Gasteiger partial charge in [-0.05, 0) is 69.2 Å². The first-order valence-electron chi connectivity index (χ1n) is 16.2. The molecule has 3 saturated heterocycles. The molecule has 0 spiro atoms. The van der Waals surface area contributed by atoms with Crippen molar-refractivity contribution in [3.63, 3.8) is 0 Å². The summed E-state index contributed by atoms with van der Waals surface area (Å²) >= 11 is 0. The number of aliphatic hydroxyl groups is 1. The fourth-order valence-corrected chi connectivity index (χ4v) is 6.88. The molecule has 0 aliphatic carbocycles. The van der Waals surface area contributed by atoms with Gasteiger partial charge in [0.05, 0.1) is 64.9 Å². The number of anilines is 3. The van der Waals surface area contributed by atoms with Gasteiger partial charge in [0.1, 0.15) is 11.6 Å². The molecular weight excluding hydrogens is 551 g/mol. The zero-order valence-corrected chi connectivity index (χ0v) is 25.5. The minimum atomic E-state index is -0.169. The van der Waals surface area contributed by atoms with Crippen molar-refractivity contribution in [1.29, 1.82) is 0 Å². The van der Waals surface area contributed by atoms with E-state index in [1.165, 1.54) is 31.0 Å². The fraction of sp³-hybridized carbons (Fsp3) is 0.667. The van der Waals surface area contributed by atoms with Crippen LogP contribution in [0.3, 0.4) is 0 Å². The van der Waals surface area contributed by atoms with Crippen molar-refractivity contribution in [3.05, 3.63) is 48.4 Å². The first-order valence-corrected chi connectivity index (χ1v) is 16.2. The number of piperidine rings is 2. The molecule has 238 valence electrons. The molecule has 1 aromatic carbocycles. The number of aromatic nitrogens is 1. The number of aliphatic hydroxyl groups excluding tert-OH is 1. The van der Waals surface area contributed by atoms with E-state index in [4.69, 9.17) is 29.0 Å². The quantitative estimate of drug-likeness (QED) is 0.268. The summed E-state index contributed by atoms with van der Waals surface area (Å²) in [5.74, 6) is 0.892. The zero-order chi connectivity index (χ0) is 29.7. The molecule has 4 heterocycles. The maximum Gasteiger partial charge on any atom is 0.130 e. The topological polar surface area (TPSA) is 79.8 Å². The van der Waals surface area contributed by atoms with Gasteiger partial charge in [0.15, 0.2) is 0 Å². The van der Waals surface area contributed by atoms with Gasteiger partial charge in [0.25, 0.3) is 0 Å². The number of nitrogens with zero attached hydrogens (tertiary/aromatic N) is 4. The summed E-state index contributed by atoms with van der Waals surface area (Å²) < 4.78 is 36.1. The SMILES string of the molecule is OCCOCCOCCOCCOCCC1CCCCN1c1ccnc(N2CC[C@@H]3[C@H]2CCCN3c2cccc(F)c2)c1. The summed E-state index contributed by atoms with van der Waals surface area (Å²) in [4.78, 5) is 12.3. The number of hydrogen-bond donors (Lipinski definition) is 1. The molecule has 1 N–H and O–H groups in total. The molecule has 10 heteroatoms. The lowest BCUT2D eigenvalue weighted by atomic mass is 9.96. The normalized spacial score (nSPS) is 22.3. The highest BCUT2D eigenvalue weighted by Crippen LogP contribution is 2.37. The second-order valence-corrected chi connectivity index (χ2v) is 11.6. The summed E-state index contributed by atoms with van der Waals surface area (Å²) in [6, 6.07) is 12.7. The number of fused-ring (bicyclic) bond motifs is 1. The number of rotatable bonds is 17. The molecule has 9 nitrogen and oxygen atoms in total. The molecular formula is C33H49FN4O5. The minimum Gasteiger partial charge on any atom is -0.394 e. The molecule has 3 aliphatic rings. The number of ether oxygens (including phenoxy) is 4. The van der Waals surface area contributed by atoms with Gasteiger partial charge in [-0.25, -0.2) is 9.37 Å². The standard InChI is InChI=1S/C33H49FN4O5/c34-27-5-3-7-29(25-27)37-14-4-8-31-32(37)10-15-38(31)33-26-30(9-12-35-33)36-13-2-1-6-28(36)11-17-40-19-21-42-23-24-43-22-20-41-18-16-39/h3,5,7,9,12,25-26,28,31-32,39H,1-2,4,6,8,10-11,13-24H2/t28?,31-,32-/m1/s1. The van der Waals surface area contributed by atoms with Crippen LogP contribution >= 0.6 is 0 Å². The molecule has 3 fully saturated rings. The van der Waals surface area contributed by atoms with Gasteiger partial charge in [-0.2, -0.15) is 0 Å². The predicted molar refractivity (Wildman–Crippen MR) is 167 cm³/mol. The molecule has 0 bridgehead atoms. The van der Waals surface area contributed by atoms with Gasteiger partial charge in [0.2, 0.25) is 0 Å². The van der Waals surface area contributed by atoms with Crippen molar-refractivity contribution in [2.24, 2.45) is 0 Å². The molecule has 0 radical (unpaired) electrons. The van der Waals surface area contributed by atoms with Crippen molar-refractivity contribution in [1.82, 2.24) is 4.98 Å². The van der Waals surface area contributed by atoms with E-state index in [9.17, 15) is 4.39 Å². The molecule has 5 rings (SSSR count). The van der Waals surface area contributed by atoms with Gasteiger partial charge >= 0.3 is 0 Å². The molecule has 3 atom stereocenters. The summed E-state index contributed by atoms with van der Waals surface area (Å²) in [7, 11) is 0. The van der Waals surface area contributed by atoms with Crippen molar-refractivity contribution in [2.75, 3.05) is 93.8 Å². The highest BCUT2D eigenvalue weighted by molar-refractivity contribution is 5.58. The van der Waals surface area contributed by atoms with Gasteiger partial charge < -0.3 is 38.8 Å². The van der Waals surface area contributed by atoms with E-state index >= 15 is 0 Å². The Balaban J connectivity index is 1.07. The third-order valence-electron chi connectivity index (χ3n) is 8.88. The van der Waals surface area contributed by atoms with Crippen LogP contribution in [0.4, 0.5) is 21.6 Å². The molecule has 3 aliphatic heterocycles. The molecule has 0 saturated carbocycles. The lowest BCUT2D eigenvalue weighted by Gasteiger charge is -2.42. The van der Waals surface area contributed by atoms with E-state index in [2.05, 4.69) is 26.8 Å². The number of pyridine rings is 1. The summed E-state index contributed by atoms with van der Waals surface area (Å²) in [6.07, 6.45) is 9.89. The largest absolute Gasteiger partial charge is 0.394 e. The van der Waals surface area contributed by atoms with Crippen molar-refractivity contribution in [2.45, 2.75) is 63.1 Å². The highest BCUT2D eigenvalue weighted by atomic mass is 19.1. The van der Waals surface area contributed by atoms with Crippen molar-refractivity contribution < 1.29 is 28.4 Å². The Kier molecular flexibility index (Phi) is 12.7. The van der Waals surface area contributed by atoms with Crippen molar-refractivity contribution in [3.8, 4) is 0 Å². The van der Waals surface area contributed by atoms with Crippen LogP contribution in [-0.2, 0) is 18.9 Å². The van der Waals surface area contributed by atoms with Gasteiger partial charge in [-0.3, -0.25) is 0 Å². The highest BCUT2D eigenvalue weighted by Gasteiger charge is 2.41. The first kappa shape index (κ1) is 31.9. The second-order valence-electron chi connectivity index (χ2n) is 11.6. The van der Waals surface area contributed by atoms with Crippen LogP contribution in [0.1, 0.15) is 44.9 Å². The number of benzene rings is 1. The Hall–Kier alpha value is -2.50. The van der Waals surface area contributed by atoms with Crippen LogP contribution in [0.15, 0.2) is 42.6 Å². The monoisotopic (exact) mass is 600 g/mol. The van der Waals surface area contributed by atoms with Crippen LogP contribution in [-0.4, -0.2) is 107 Å². The maximum absolute atomic E-state index is 14.0. The molecule has 1 unspecified atom stereocenters. The van der Waals surface area contributed by atoms with E-state index in [0.717, 1.165) is 56.8 Å². The van der Waals surface area contributed by atoms with Crippen LogP contribution in [0.2, 0.25) is 0 Å². The minimum absolute atomic E-state index is 0.0342. The van der Waals surface area contributed by atoms with E-state index in [0.29, 0.717) is 71.0 Å². The number of halogens is 1. The summed E-state index contributed by atoms with van der Waals surface area (Å²) in [6.45, 7) is 7.29. The van der Waals surface area contributed by atoms with E-state index < -0.39 is 0 Å². The van der Waals surface area contributed by atoms with Crippen LogP contribution in [0.25, 0.3) is 0 Å². The summed E-state index contributed by atoms with van der Waals surface area (Å²) in [5, 5.41) is 8.67. The average molecular weight is 601 g/mol. The molecule has 43 heavy (non-hydrogen) atoms.